The third-order valence-corrected chi connectivity index (χ3v) is 5.67. The molecule has 1 aromatic carbocycles. The van der Waals surface area contributed by atoms with Crippen molar-refractivity contribution >= 4 is 11.8 Å². The second kappa shape index (κ2) is 9.21. The first-order valence-corrected chi connectivity index (χ1v) is 10.5. The Labute approximate surface area is 173 Å². The molecule has 0 radical (unpaired) electrons. The van der Waals surface area contributed by atoms with Crippen LogP contribution in [0.25, 0.3) is 11.1 Å². The van der Waals surface area contributed by atoms with Gasteiger partial charge in [-0.25, -0.2) is 0 Å². The molecule has 29 heavy (non-hydrogen) atoms. The lowest BCUT2D eigenvalue weighted by molar-refractivity contribution is -0.141. The molecule has 5 heteroatoms. The monoisotopic (exact) mass is 393 g/mol. The lowest BCUT2D eigenvalue weighted by Gasteiger charge is -2.42. The van der Waals surface area contributed by atoms with Gasteiger partial charge in [-0.15, -0.1) is 0 Å². The summed E-state index contributed by atoms with van der Waals surface area (Å²) in [6, 6.07) is 12.3. The minimum Gasteiger partial charge on any atom is -0.353 e. The van der Waals surface area contributed by atoms with E-state index in [1.807, 2.05) is 49.9 Å². The number of benzene rings is 1. The molecule has 1 aliphatic heterocycles. The van der Waals surface area contributed by atoms with Crippen LogP contribution in [-0.2, 0) is 16.0 Å². The highest BCUT2D eigenvalue weighted by Gasteiger charge is 2.43. The molecule has 0 unspecified atom stereocenters. The van der Waals surface area contributed by atoms with Gasteiger partial charge in [-0.2, -0.15) is 0 Å². The number of aromatic nitrogens is 1. The average Bonchev–Trinajstić information content (AvgIpc) is 2.74. The number of carbonyl (C=O) groups excluding carboxylic acids is 2. The van der Waals surface area contributed by atoms with Gasteiger partial charge in [-0.05, 0) is 61.9 Å². The van der Waals surface area contributed by atoms with Gasteiger partial charge in [-0.3, -0.25) is 14.6 Å². The van der Waals surface area contributed by atoms with Gasteiger partial charge in [0.25, 0.3) is 0 Å². The van der Waals surface area contributed by atoms with Crippen molar-refractivity contribution in [1.82, 2.24) is 15.2 Å². The standard InChI is InChI=1S/C24H31N3O2/c1-4-22(28)27-15-7-12-24(17-27,23(29)26-18(2)3)16-20-8-5-6-9-21(20)19-10-13-25-14-11-19/h5-6,8-11,13-14,18H,4,7,12,15-17H2,1-3H3,(H,26,29)/t24-/m1/s1. The molecule has 0 bridgehead atoms. The summed E-state index contributed by atoms with van der Waals surface area (Å²) in [6.07, 6.45) is 6.27. The molecule has 1 fully saturated rings. The van der Waals surface area contributed by atoms with Gasteiger partial charge in [0.15, 0.2) is 0 Å². The van der Waals surface area contributed by atoms with E-state index in [0.717, 1.165) is 36.1 Å². The molecule has 1 N–H and O–H groups in total. The summed E-state index contributed by atoms with van der Waals surface area (Å²) in [5.41, 5.74) is 2.72. The van der Waals surface area contributed by atoms with Crippen LogP contribution in [0.15, 0.2) is 48.8 Å². The molecule has 1 aromatic heterocycles. The summed E-state index contributed by atoms with van der Waals surface area (Å²) in [5, 5.41) is 3.12. The van der Waals surface area contributed by atoms with E-state index >= 15 is 0 Å². The van der Waals surface area contributed by atoms with Crippen LogP contribution in [0.4, 0.5) is 0 Å². The molecule has 2 heterocycles. The highest BCUT2D eigenvalue weighted by Crippen LogP contribution is 2.37. The summed E-state index contributed by atoms with van der Waals surface area (Å²) in [4.78, 5) is 31.8. The molecular weight excluding hydrogens is 362 g/mol. The Morgan fingerprint density at radius 3 is 2.59 bits per heavy atom. The van der Waals surface area contributed by atoms with Gasteiger partial charge in [-0.1, -0.05) is 31.2 Å². The summed E-state index contributed by atoms with van der Waals surface area (Å²) in [5.74, 6) is 0.166. The molecule has 0 aliphatic carbocycles. The van der Waals surface area contributed by atoms with E-state index < -0.39 is 5.41 Å². The molecule has 1 saturated heterocycles. The molecule has 1 atom stereocenters. The number of hydrogen-bond acceptors (Lipinski definition) is 3. The second-order valence-corrected chi connectivity index (χ2v) is 8.25. The Bertz CT molecular complexity index is 850. The Kier molecular flexibility index (Phi) is 6.68. The van der Waals surface area contributed by atoms with E-state index in [1.165, 1.54) is 0 Å². The zero-order valence-corrected chi connectivity index (χ0v) is 17.6. The molecule has 0 saturated carbocycles. The molecule has 5 nitrogen and oxygen atoms in total. The van der Waals surface area contributed by atoms with Crippen molar-refractivity contribution in [3.63, 3.8) is 0 Å². The minimum absolute atomic E-state index is 0.0469. The van der Waals surface area contributed by atoms with Gasteiger partial charge >= 0.3 is 0 Å². The van der Waals surface area contributed by atoms with E-state index in [2.05, 4.69) is 22.4 Å². The molecule has 2 aromatic rings. The first kappa shape index (κ1) is 21.0. The number of rotatable bonds is 6. The van der Waals surface area contributed by atoms with Crippen LogP contribution in [0.3, 0.4) is 0 Å². The Morgan fingerprint density at radius 1 is 1.17 bits per heavy atom. The summed E-state index contributed by atoms with van der Waals surface area (Å²) in [6.45, 7) is 7.05. The van der Waals surface area contributed by atoms with Crippen molar-refractivity contribution in [3.05, 3.63) is 54.4 Å². The average molecular weight is 394 g/mol. The molecule has 1 aliphatic rings. The molecule has 0 spiro atoms. The van der Waals surface area contributed by atoms with Crippen LogP contribution in [0.1, 0.15) is 45.6 Å². The predicted octanol–water partition coefficient (Wildman–Crippen LogP) is 3.83. The zero-order chi connectivity index (χ0) is 20.9. The van der Waals surface area contributed by atoms with Crippen LogP contribution in [0.5, 0.6) is 0 Å². The number of nitrogens with zero attached hydrogens (tertiary/aromatic N) is 2. The van der Waals surface area contributed by atoms with Crippen molar-refractivity contribution in [1.29, 1.82) is 0 Å². The maximum atomic E-state index is 13.4. The second-order valence-electron chi connectivity index (χ2n) is 8.25. The molecule has 3 rings (SSSR count). The first-order chi connectivity index (χ1) is 13.9. The van der Waals surface area contributed by atoms with E-state index in [-0.39, 0.29) is 17.9 Å². The third-order valence-electron chi connectivity index (χ3n) is 5.67. The van der Waals surface area contributed by atoms with Gasteiger partial charge in [0.2, 0.25) is 11.8 Å². The highest BCUT2D eigenvalue weighted by atomic mass is 16.2. The smallest absolute Gasteiger partial charge is 0.228 e. The molecule has 2 amide bonds. The Morgan fingerprint density at radius 2 is 1.90 bits per heavy atom. The highest BCUT2D eigenvalue weighted by molar-refractivity contribution is 5.85. The number of likely N-dealkylation sites (tertiary alicyclic amines) is 1. The van der Waals surface area contributed by atoms with Crippen LogP contribution in [0, 0.1) is 5.41 Å². The zero-order valence-electron chi connectivity index (χ0n) is 17.6. The van der Waals surface area contributed by atoms with Gasteiger partial charge in [0, 0.05) is 37.9 Å². The Balaban J connectivity index is 1.98. The first-order valence-electron chi connectivity index (χ1n) is 10.5. The maximum Gasteiger partial charge on any atom is 0.228 e. The summed E-state index contributed by atoms with van der Waals surface area (Å²) >= 11 is 0. The molecular formula is C24H31N3O2. The van der Waals surface area contributed by atoms with E-state index in [9.17, 15) is 9.59 Å². The summed E-state index contributed by atoms with van der Waals surface area (Å²) in [7, 11) is 0. The van der Waals surface area contributed by atoms with Crippen molar-refractivity contribution < 1.29 is 9.59 Å². The van der Waals surface area contributed by atoms with Gasteiger partial charge in [0.1, 0.15) is 0 Å². The van der Waals surface area contributed by atoms with E-state index in [1.54, 1.807) is 12.4 Å². The number of carbonyl (C=O) groups is 2. The van der Waals surface area contributed by atoms with Crippen LogP contribution < -0.4 is 5.32 Å². The van der Waals surface area contributed by atoms with Crippen LogP contribution >= 0.6 is 0 Å². The van der Waals surface area contributed by atoms with E-state index in [4.69, 9.17) is 0 Å². The third kappa shape index (κ3) is 4.84. The Hall–Kier alpha value is -2.69. The fourth-order valence-corrected chi connectivity index (χ4v) is 4.25. The number of nitrogens with one attached hydrogen (secondary N) is 1. The van der Waals surface area contributed by atoms with Gasteiger partial charge in [0.05, 0.1) is 5.41 Å². The van der Waals surface area contributed by atoms with Crippen molar-refractivity contribution in [2.45, 2.75) is 52.5 Å². The lowest BCUT2D eigenvalue weighted by Crippen LogP contribution is -2.55. The van der Waals surface area contributed by atoms with E-state index in [0.29, 0.717) is 19.4 Å². The van der Waals surface area contributed by atoms with Crippen molar-refractivity contribution in [3.8, 4) is 11.1 Å². The maximum absolute atomic E-state index is 13.4. The predicted molar refractivity (Wildman–Crippen MR) is 115 cm³/mol. The summed E-state index contributed by atoms with van der Waals surface area (Å²) < 4.78 is 0. The topological polar surface area (TPSA) is 62.3 Å². The SMILES string of the molecule is CCC(=O)N1CCC[C@](Cc2ccccc2-c2ccncc2)(C(=O)NC(C)C)C1. The largest absolute Gasteiger partial charge is 0.353 e. The normalized spacial score (nSPS) is 19.2. The number of pyridine rings is 1. The number of piperidine rings is 1. The van der Waals surface area contributed by atoms with Crippen molar-refractivity contribution in [2.75, 3.05) is 13.1 Å². The van der Waals surface area contributed by atoms with Gasteiger partial charge < -0.3 is 10.2 Å². The number of amides is 2. The van der Waals surface area contributed by atoms with Crippen LogP contribution in [0.2, 0.25) is 0 Å². The quantitative estimate of drug-likeness (QED) is 0.811. The fourth-order valence-electron chi connectivity index (χ4n) is 4.25. The van der Waals surface area contributed by atoms with Crippen LogP contribution in [-0.4, -0.2) is 40.8 Å². The number of hydrogen-bond donors (Lipinski definition) is 1. The molecule has 154 valence electrons. The fraction of sp³-hybridized carbons (Fsp3) is 0.458. The minimum atomic E-state index is -0.615. The van der Waals surface area contributed by atoms with Crippen molar-refractivity contribution in [2.24, 2.45) is 5.41 Å². The lowest BCUT2D eigenvalue weighted by atomic mass is 9.73.